The summed E-state index contributed by atoms with van der Waals surface area (Å²) < 4.78 is 0. The summed E-state index contributed by atoms with van der Waals surface area (Å²) in [6.07, 6.45) is 1.76. The largest absolute Gasteiger partial charge is 0.357 e. The van der Waals surface area contributed by atoms with E-state index in [2.05, 4.69) is 51.4 Å². The summed E-state index contributed by atoms with van der Waals surface area (Å²) in [7, 11) is 3.85. The lowest BCUT2D eigenvalue weighted by Gasteiger charge is -2.18. The minimum atomic E-state index is 0.642. The second-order valence-corrected chi connectivity index (χ2v) is 4.33. The van der Waals surface area contributed by atoms with Crippen molar-refractivity contribution in [1.29, 1.82) is 0 Å². The van der Waals surface area contributed by atoms with Crippen molar-refractivity contribution >= 4 is 11.8 Å². The average molecular weight is 242 g/mol. The zero-order chi connectivity index (χ0) is 13.0. The number of anilines is 2. The van der Waals surface area contributed by atoms with Crippen LogP contribution >= 0.6 is 0 Å². The quantitative estimate of drug-likeness (QED) is 0.894. The van der Waals surface area contributed by atoms with E-state index in [0.717, 1.165) is 12.4 Å². The van der Waals surface area contributed by atoms with Crippen LogP contribution in [0.15, 0.2) is 36.5 Å². The van der Waals surface area contributed by atoms with Crippen LogP contribution in [0.1, 0.15) is 11.1 Å². The molecule has 0 radical (unpaired) electrons. The molecule has 0 aliphatic rings. The number of nitrogens with zero attached hydrogens (tertiary/aromatic N) is 3. The van der Waals surface area contributed by atoms with E-state index >= 15 is 0 Å². The van der Waals surface area contributed by atoms with Crippen molar-refractivity contribution in [3.05, 3.63) is 47.7 Å². The Bertz CT molecular complexity index is 525. The molecule has 1 N–H and O–H groups in total. The first-order valence-electron chi connectivity index (χ1n) is 5.96. The van der Waals surface area contributed by atoms with Crippen LogP contribution in [0.4, 0.5) is 11.8 Å². The molecule has 0 unspecified atom stereocenters. The van der Waals surface area contributed by atoms with Crippen molar-refractivity contribution in [2.24, 2.45) is 0 Å². The van der Waals surface area contributed by atoms with Crippen LogP contribution in [-0.4, -0.2) is 24.1 Å². The second-order valence-electron chi connectivity index (χ2n) is 4.33. The molecule has 0 saturated heterocycles. The van der Waals surface area contributed by atoms with Crippen LogP contribution in [0.5, 0.6) is 0 Å². The molecular formula is C14H18N4. The fraction of sp³-hybridized carbons (Fsp3) is 0.286. The molecule has 0 aliphatic carbocycles. The van der Waals surface area contributed by atoms with Gasteiger partial charge in [-0.2, -0.15) is 4.98 Å². The third-order valence-electron chi connectivity index (χ3n) is 2.76. The van der Waals surface area contributed by atoms with Crippen LogP contribution in [0.2, 0.25) is 0 Å². The Kier molecular flexibility index (Phi) is 3.77. The lowest BCUT2D eigenvalue weighted by Crippen LogP contribution is -2.18. The van der Waals surface area contributed by atoms with Gasteiger partial charge in [0, 0.05) is 26.8 Å². The molecule has 94 valence electrons. The highest BCUT2D eigenvalue weighted by molar-refractivity contribution is 5.42. The van der Waals surface area contributed by atoms with Crippen molar-refractivity contribution < 1.29 is 0 Å². The monoisotopic (exact) mass is 242 g/mol. The molecule has 1 aromatic carbocycles. The lowest BCUT2D eigenvalue weighted by molar-refractivity contribution is 0.891. The molecule has 2 rings (SSSR count). The highest BCUT2D eigenvalue weighted by atomic mass is 15.2. The molecule has 0 fully saturated rings. The Labute approximate surface area is 108 Å². The standard InChI is InChI=1S/C14H18N4/c1-11-5-4-6-12(9-11)10-18(3)13-7-8-16-14(15-2)17-13/h4-9H,10H2,1-3H3,(H,15,16,17). The first-order chi connectivity index (χ1) is 8.69. The molecule has 0 bridgehead atoms. The summed E-state index contributed by atoms with van der Waals surface area (Å²) in [5.74, 6) is 1.56. The summed E-state index contributed by atoms with van der Waals surface area (Å²) in [6.45, 7) is 2.94. The van der Waals surface area contributed by atoms with Gasteiger partial charge in [0.15, 0.2) is 0 Å². The summed E-state index contributed by atoms with van der Waals surface area (Å²) in [4.78, 5) is 10.6. The fourth-order valence-corrected chi connectivity index (χ4v) is 1.85. The smallest absolute Gasteiger partial charge is 0.224 e. The van der Waals surface area contributed by atoms with Crippen LogP contribution in [-0.2, 0) is 6.54 Å². The molecule has 0 amide bonds. The van der Waals surface area contributed by atoms with E-state index in [-0.39, 0.29) is 0 Å². The van der Waals surface area contributed by atoms with Crippen molar-refractivity contribution in [2.45, 2.75) is 13.5 Å². The fourth-order valence-electron chi connectivity index (χ4n) is 1.85. The predicted molar refractivity (Wildman–Crippen MR) is 74.9 cm³/mol. The highest BCUT2D eigenvalue weighted by Gasteiger charge is 2.04. The van der Waals surface area contributed by atoms with Crippen LogP contribution in [0.25, 0.3) is 0 Å². The Balaban J connectivity index is 2.13. The van der Waals surface area contributed by atoms with Crippen molar-refractivity contribution in [1.82, 2.24) is 9.97 Å². The zero-order valence-electron chi connectivity index (χ0n) is 11.0. The van der Waals surface area contributed by atoms with Gasteiger partial charge in [0.25, 0.3) is 0 Å². The number of nitrogens with one attached hydrogen (secondary N) is 1. The van der Waals surface area contributed by atoms with Gasteiger partial charge in [-0.15, -0.1) is 0 Å². The van der Waals surface area contributed by atoms with Gasteiger partial charge >= 0.3 is 0 Å². The number of aromatic nitrogens is 2. The van der Waals surface area contributed by atoms with Gasteiger partial charge in [-0.25, -0.2) is 4.98 Å². The van der Waals surface area contributed by atoms with Crippen molar-refractivity contribution in [3.8, 4) is 0 Å². The normalized spacial score (nSPS) is 10.2. The lowest BCUT2D eigenvalue weighted by atomic mass is 10.1. The maximum Gasteiger partial charge on any atom is 0.224 e. The Morgan fingerprint density at radius 3 is 2.83 bits per heavy atom. The highest BCUT2D eigenvalue weighted by Crippen LogP contribution is 2.14. The number of aryl methyl sites for hydroxylation is 1. The molecule has 0 aliphatic heterocycles. The minimum Gasteiger partial charge on any atom is -0.357 e. The number of hydrogen-bond donors (Lipinski definition) is 1. The summed E-state index contributed by atoms with van der Waals surface area (Å²) in [5, 5.41) is 2.95. The van der Waals surface area contributed by atoms with Crippen LogP contribution in [0.3, 0.4) is 0 Å². The molecule has 0 atom stereocenters. The first kappa shape index (κ1) is 12.4. The van der Waals surface area contributed by atoms with Crippen LogP contribution < -0.4 is 10.2 Å². The molecule has 1 aromatic heterocycles. The van der Waals surface area contributed by atoms with E-state index in [1.54, 1.807) is 6.20 Å². The Hall–Kier alpha value is -2.10. The maximum absolute atomic E-state index is 4.41. The van der Waals surface area contributed by atoms with Crippen molar-refractivity contribution in [3.63, 3.8) is 0 Å². The van der Waals surface area contributed by atoms with Crippen LogP contribution in [0, 0.1) is 6.92 Å². The first-order valence-corrected chi connectivity index (χ1v) is 5.96. The number of benzene rings is 1. The van der Waals surface area contributed by atoms with Gasteiger partial charge in [-0.3, -0.25) is 0 Å². The van der Waals surface area contributed by atoms with Gasteiger partial charge in [-0.1, -0.05) is 29.8 Å². The van der Waals surface area contributed by atoms with Gasteiger partial charge in [-0.05, 0) is 18.6 Å². The van der Waals surface area contributed by atoms with Crippen molar-refractivity contribution in [2.75, 3.05) is 24.3 Å². The SMILES string of the molecule is CNc1nccc(N(C)Cc2cccc(C)c2)n1. The molecule has 0 spiro atoms. The third-order valence-corrected chi connectivity index (χ3v) is 2.76. The Morgan fingerprint density at radius 1 is 1.28 bits per heavy atom. The van der Waals surface area contributed by atoms with Gasteiger partial charge in [0.2, 0.25) is 5.95 Å². The molecule has 4 nitrogen and oxygen atoms in total. The minimum absolute atomic E-state index is 0.642. The molecule has 0 saturated carbocycles. The van der Waals surface area contributed by atoms with Gasteiger partial charge in [0.05, 0.1) is 0 Å². The number of rotatable bonds is 4. The molecule has 2 aromatic rings. The third kappa shape index (κ3) is 2.97. The Morgan fingerprint density at radius 2 is 2.11 bits per heavy atom. The molecule has 1 heterocycles. The van der Waals surface area contributed by atoms with E-state index in [0.29, 0.717) is 5.95 Å². The maximum atomic E-state index is 4.41. The summed E-state index contributed by atoms with van der Waals surface area (Å²) >= 11 is 0. The average Bonchev–Trinajstić information content (AvgIpc) is 2.39. The summed E-state index contributed by atoms with van der Waals surface area (Å²) in [5.41, 5.74) is 2.56. The number of hydrogen-bond acceptors (Lipinski definition) is 4. The molecule has 18 heavy (non-hydrogen) atoms. The topological polar surface area (TPSA) is 41.1 Å². The van der Waals surface area contributed by atoms with E-state index in [1.165, 1.54) is 11.1 Å². The molecular weight excluding hydrogens is 224 g/mol. The predicted octanol–water partition coefficient (Wildman–Crippen LogP) is 2.46. The van der Waals surface area contributed by atoms with E-state index in [1.807, 2.05) is 20.2 Å². The zero-order valence-corrected chi connectivity index (χ0v) is 11.0. The molecule has 4 heteroatoms. The summed E-state index contributed by atoms with van der Waals surface area (Å²) in [6, 6.07) is 10.4. The second kappa shape index (κ2) is 5.49. The van der Waals surface area contributed by atoms with Gasteiger partial charge in [0.1, 0.15) is 5.82 Å². The van der Waals surface area contributed by atoms with E-state index in [4.69, 9.17) is 0 Å². The van der Waals surface area contributed by atoms with Gasteiger partial charge < -0.3 is 10.2 Å². The van der Waals surface area contributed by atoms with E-state index in [9.17, 15) is 0 Å². The van der Waals surface area contributed by atoms with E-state index < -0.39 is 0 Å².